The molecule has 0 fully saturated rings. The highest BCUT2D eigenvalue weighted by Gasteiger charge is 2.19. The number of benzene rings is 1. The molecule has 1 aromatic rings. The van der Waals surface area contributed by atoms with Crippen LogP contribution in [0.2, 0.25) is 0 Å². The second-order valence-corrected chi connectivity index (χ2v) is 4.19. The predicted molar refractivity (Wildman–Crippen MR) is 70.5 cm³/mol. The van der Waals surface area contributed by atoms with Crippen molar-refractivity contribution in [1.82, 2.24) is 5.32 Å². The molecule has 17 heavy (non-hydrogen) atoms. The number of nitrogens with one attached hydrogen (secondary N) is 1. The Morgan fingerprint density at radius 2 is 2.06 bits per heavy atom. The first kappa shape index (κ1) is 13.3. The van der Waals surface area contributed by atoms with Crippen molar-refractivity contribution < 1.29 is 4.79 Å². The van der Waals surface area contributed by atoms with Crippen molar-refractivity contribution in [1.29, 1.82) is 0 Å². The zero-order chi connectivity index (χ0) is 12.7. The van der Waals surface area contributed by atoms with Crippen LogP contribution >= 0.6 is 0 Å². The number of terminal acetylenes is 1. The van der Waals surface area contributed by atoms with E-state index in [2.05, 4.69) is 11.2 Å². The third-order valence-corrected chi connectivity index (χ3v) is 2.74. The van der Waals surface area contributed by atoms with E-state index in [9.17, 15) is 4.79 Å². The molecule has 90 valence electrons. The highest BCUT2D eigenvalue weighted by atomic mass is 16.1. The molecule has 2 unspecified atom stereocenters. The van der Waals surface area contributed by atoms with E-state index in [1.54, 1.807) is 0 Å². The Labute approximate surface area is 103 Å². The molecular weight excluding hydrogens is 210 g/mol. The lowest BCUT2D eigenvalue weighted by molar-refractivity contribution is -0.123. The fraction of sp³-hybridized carbons (Fsp3) is 0.400. The second kappa shape index (κ2) is 6.75. The van der Waals surface area contributed by atoms with Gasteiger partial charge in [0.05, 0.1) is 5.92 Å². The first-order chi connectivity index (χ1) is 8.19. The molecule has 0 saturated heterocycles. The summed E-state index contributed by atoms with van der Waals surface area (Å²) in [5.74, 6) is 2.53. The van der Waals surface area contributed by atoms with Gasteiger partial charge in [-0.1, -0.05) is 37.3 Å². The van der Waals surface area contributed by atoms with Crippen LogP contribution in [0.3, 0.4) is 0 Å². The van der Waals surface area contributed by atoms with Gasteiger partial charge in [-0.3, -0.25) is 4.79 Å². The highest BCUT2D eigenvalue weighted by Crippen LogP contribution is 2.19. The molecule has 0 aromatic heterocycles. The van der Waals surface area contributed by atoms with Gasteiger partial charge in [0, 0.05) is 12.5 Å². The minimum absolute atomic E-state index is 0.0327. The van der Waals surface area contributed by atoms with E-state index in [0.29, 0.717) is 6.42 Å². The average Bonchev–Trinajstić information content (AvgIpc) is 2.31. The molecule has 1 amide bonds. The monoisotopic (exact) mass is 229 g/mol. The Morgan fingerprint density at radius 3 is 2.59 bits per heavy atom. The minimum Gasteiger partial charge on any atom is -0.352 e. The molecule has 2 atom stereocenters. The molecule has 0 saturated carbocycles. The van der Waals surface area contributed by atoms with E-state index in [1.165, 1.54) is 0 Å². The normalized spacial score (nSPS) is 13.5. The largest absolute Gasteiger partial charge is 0.352 e. The highest BCUT2D eigenvalue weighted by molar-refractivity contribution is 5.83. The second-order valence-electron chi connectivity index (χ2n) is 4.19. The number of rotatable bonds is 5. The summed E-state index contributed by atoms with van der Waals surface area (Å²) in [5.41, 5.74) is 1.06. The van der Waals surface area contributed by atoms with Crippen molar-refractivity contribution in [2.75, 3.05) is 0 Å². The Kier molecular flexibility index (Phi) is 5.29. The maximum absolute atomic E-state index is 12.1. The molecule has 1 N–H and O–H groups in total. The molecule has 0 radical (unpaired) electrons. The van der Waals surface area contributed by atoms with Gasteiger partial charge in [0.15, 0.2) is 0 Å². The Hall–Kier alpha value is -1.75. The lowest BCUT2D eigenvalue weighted by Crippen LogP contribution is -2.36. The summed E-state index contributed by atoms with van der Waals surface area (Å²) in [6.07, 6.45) is 6.58. The standard InChI is InChI=1S/C15H19NO/c1-4-9-12(3)16-15(17)14(5-2)13-10-7-6-8-11-13/h1,6-8,10-12,14H,5,9H2,2-3H3,(H,16,17). The maximum atomic E-state index is 12.1. The van der Waals surface area contributed by atoms with Crippen LogP contribution in [0.25, 0.3) is 0 Å². The van der Waals surface area contributed by atoms with Crippen LogP contribution in [0.4, 0.5) is 0 Å². The zero-order valence-electron chi connectivity index (χ0n) is 10.4. The summed E-state index contributed by atoms with van der Waals surface area (Å²) in [6.45, 7) is 3.94. The van der Waals surface area contributed by atoms with Crippen molar-refractivity contribution >= 4 is 5.91 Å². The number of hydrogen-bond acceptors (Lipinski definition) is 1. The van der Waals surface area contributed by atoms with Crippen molar-refractivity contribution in [2.45, 2.75) is 38.6 Å². The molecule has 2 heteroatoms. The minimum atomic E-state index is -0.0866. The molecular formula is C15H19NO. The molecule has 1 aromatic carbocycles. The summed E-state index contributed by atoms with van der Waals surface area (Å²) in [6, 6.07) is 9.87. The van der Waals surface area contributed by atoms with Crippen LogP contribution < -0.4 is 5.32 Å². The van der Waals surface area contributed by atoms with Crippen LogP contribution in [0.1, 0.15) is 38.2 Å². The van der Waals surface area contributed by atoms with Gasteiger partial charge in [-0.25, -0.2) is 0 Å². The van der Waals surface area contributed by atoms with Crippen LogP contribution in [0.15, 0.2) is 30.3 Å². The van der Waals surface area contributed by atoms with Crippen LogP contribution in [-0.4, -0.2) is 11.9 Å². The third-order valence-electron chi connectivity index (χ3n) is 2.74. The first-order valence-corrected chi connectivity index (χ1v) is 5.97. The number of carbonyl (C=O) groups is 1. The average molecular weight is 229 g/mol. The Balaban J connectivity index is 2.69. The SMILES string of the molecule is C#CCC(C)NC(=O)C(CC)c1ccccc1. The fourth-order valence-corrected chi connectivity index (χ4v) is 1.83. The van der Waals surface area contributed by atoms with Crippen molar-refractivity contribution in [3.8, 4) is 12.3 Å². The third kappa shape index (κ3) is 3.96. The van der Waals surface area contributed by atoms with Gasteiger partial charge in [-0.15, -0.1) is 12.3 Å². The van der Waals surface area contributed by atoms with Crippen LogP contribution in [0.5, 0.6) is 0 Å². The van der Waals surface area contributed by atoms with Gasteiger partial charge in [-0.05, 0) is 18.9 Å². The van der Waals surface area contributed by atoms with Crippen LogP contribution in [0, 0.1) is 12.3 Å². The van der Waals surface area contributed by atoms with Gasteiger partial charge in [0.25, 0.3) is 0 Å². The van der Waals surface area contributed by atoms with Gasteiger partial charge >= 0.3 is 0 Å². The lowest BCUT2D eigenvalue weighted by atomic mass is 9.95. The molecule has 2 nitrogen and oxygen atoms in total. The van der Waals surface area contributed by atoms with Gasteiger partial charge in [-0.2, -0.15) is 0 Å². The molecule has 0 aliphatic heterocycles. The van der Waals surface area contributed by atoms with E-state index in [0.717, 1.165) is 12.0 Å². The fourth-order valence-electron chi connectivity index (χ4n) is 1.83. The van der Waals surface area contributed by atoms with Gasteiger partial charge in [0.2, 0.25) is 5.91 Å². The van der Waals surface area contributed by atoms with Crippen molar-refractivity contribution in [3.63, 3.8) is 0 Å². The smallest absolute Gasteiger partial charge is 0.227 e. The van der Waals surface area contributed by atoms with E-state index in [-0.39, 0.29) is 17.9 Å². The molecule has 0 aliphatic rings. The summed E-state index contributed by atoms with van der Waals surface area (Å²) >= 11 is 0. The topological polar surface area (TPSA) is 29.1 Å². The van der Waals surface area contributed by atoms with E-state index in [4.69, 9.17) is 6.42 Å². The lowest BCUT2D eigenvalue weighted by Gasteiger charge is -2.18. The van der Waals surface area contributed by atoms with Gasteiger partial charge < -0.3 is 5.32 Å². The molecule has 0 bridgehead atoms. The van der Waals surface area contributed by atoms with E-state index >= 15 is 0 Å². The number of amides is 1. The summed E-state index contributed by atoms with van der Waals surface area (Å²) in [5, 5.41) is 2.95. The molecule has 0 heterocycles. The summed E-state index contributed by atoms with van der Waals surface area (Å²) in [7, 11) is 0. The first-order valence-electron chi connectivity index (χ1n) is 5.97. The van der Waals surface area contributed by atoms with E-state index < -0.39 is 0 Å². The maximum Gasteiger partial charge on any atom is 0.227 e. The van der Waals surface area contributed by atoms with Gasteiger partial charge in [0.1, 0.15) is 0 Å². The quantitative estimate of drug-likeness (QED) is 0.773. The van der Waals surface area contributed by atoms with Crippen molar-refractivity contribution in [3.05, 3.63) is 35.9 Å². The summed E-state index contributed by atoms with van der Waals surface area (Å²) < 4.78 is 0. The zero-order valence-corrected chi connectivity index (χ0v) is 10.4. The Morgan fingerprint density at radius 1 is 1.41 bits per heavy atom. The van der Waals surface area contributed by atoms with Crippen LogP contribution in [-0.2, 0) is 4.79 Å². The predicted octanol–water partition coefficient (Wildman–Crippen LogP) is 2.71. The Bertz CT molecular complexity index is 391. The summed E-state index contributed by atoms with van der Waals surface area (Å²) in [4.78, 5) is 12.1. The molecule has 1 rings (SSSR count). The molecule has 0 aliphatic carbocycles. The van der Waals surface area contributed by atoms with Crippen molar-refractivity contribution in [2.24, 2.45) is 0 Å². The molecule has 0 spiro atoms. The number of carbonyl (C=O) groups excluding carboxylic acids is 1. The number of hydrogen-bond donors (Lipinski definition) is 1. The van der Waals surface area contributed by atoms with E-state index in [1.807, 2.05) is 44.2 Å².